The Bertz CT molecular complexity index is 947. The van der Waals surface area contributed by atoms with Crippen LogP contribution in [0.5, 0.6) is 0 Å². The third kappa shape index (κ3) is 5.90. The molecule has 2 aromatic carbocycles. The lowest BCUT2D eigenvalue weighted by Crippen LogP contribution is -2.51. The second-order valence-electron chi connectivity index (χ2n) is 7.95. The lowest BCUT2D eigenvalue weighted by molar-refractivity contribution is -0.139. The van der Waals surface area contributed by atoms with Gasteiger partial charge < -0.3 is 24.8 Å². The Morgan fingerprint density at radius 2 is 1.64 bits per heavy atom. The van der Waals surface area contributed by atoms with Gasteiger partial charge in [-0.2, -0.15) is 0 Å². The first-order valence-electron chi connectivity index (χ1n) is 11.1. The number of fused-ring (bicyclic) bond motifs is 3. The van der Waals surface area contributed by atoms with Gasteiger partial charge in [-0.05, 0) is 28.7 Å². The van der Waals surface area contributed by atoms with Crippen LogP contribution < -0.4 is 5.32 Å². The van der Waals surface area contributed by atoms with Crippen LogP contribution in [0.1, 0.15) is 36.8 Å². The van der Waals surface area contributed by atoms with E-state index in [9.17, 15) is 14.4 Å². The molecule has 0 aliphatic heterocycles. The van der Waals surface area contributed by atoms with Crippen LogP contribution >= 0.6 is 0 Å². The third-order valence-corrected chi connectivity index (χ3v) is 5.67. The van der Waals surface area contributed by atoms with Gasteiger partial charge in [-0.25, -0.2) is 4.79 Å². The third-order valence-electron chi connectivity index (χ3n) is 5.67. The molecule has 0 aromatic heterocycles. The molecule has 8 nitrogen and oxygen atoms in total. The molecule has 0 saturated heterocycles. The van der Waals surface area contributed by atoms with Crippen LogP contribution in [0.3, 0.4) is 0 Å². The van der Waals surface area contributed by atoms with Crippen LogP contribution in [-0.2, 0) is 19.1 Å². The SMILES string of the molecule is CCCN(CCC(=O)O)C(=O)C(COC)NC(=O)OCC1c2ccccc2-c2ccccc21. The largest absolute Gasteiger partial charge is 0.481 e. The van der Waals surface area contributed by atoms with Gasteiger partial charge in [0.25, 0.3) is 0 Å². The van der Waals surface area contributed by atoms with E-state index in [4.69, 9.17) is 14.6 Å². The first-order valence-corrected chi connectivity index (χ1v) is 11.1. The van der Waals surface area contributed by atoms with E-state index in [0.717, 1.165) is 22.3 Å². The number of nitrogens with zero attached hydrogens (tertiary/aromatic N) is 1. The van der Waals surface area contributed by atoms with Gasteiger partial charge in [-0.15, -0.1) is 0 Å². The van der Waals surface area contributed by atoms with Gasteiger partial charge in [0.15, 0.2) is 0 Å². The summed E-state index contributed by atoms with van der Waals surface area (Å²) in [7, 11) is 1.43. The van der Waals surface area contributed by atoms with Crippen molar-refractivity contribution < 1.29 is 29.0 Å². The van der Waals surface area contributed by atoms with Gasteiger partial charge in [0.05, 0.1) is 13.0 Å². The van der Waals surface area contributed by atoms with Gasteiger partial charge in [0.1, 0.15) is 12.6 Å². The van der Waals surface area contributed by atoms with Crippen LogP contribution in [-0.4, -0.2) is 67.4 Å². The van der Waals surface area contributed by atoms with E-state index >= 15 is 0 Å². The number of methoxy groups -OCH3 is 1. The summed E-state index contributed by atoms with van der Waals surface area (Å²) >= 11 is 0. The van der Waals surface area contributed by atoms with Gasteiger partial charge in [-0.1, -0.05) is 55.5 Å². The van der Waals surface area contributed by atoms with Crippen LogP contribution in [0.2, 0.25) is 0 Å². The zero-order valence-electron chi connectivity index (χ0n) is 19.0. The number of carbonyl (C=O) groups excluding carboxylic acids is 2. The number of carboxylic acid groups (broad SMARTS) is 1. The number of hydrogen-bond acceptors (Lipinski definition) is 5. The van der Waals surface area contributed by atoms with Gasteiger partial charge in [-0.3, -0.25) is 9.59 Å². The molecular formula is C25H30N2O6. The van der Waals surface area contributed by atoms with Crippen LogP contribution in [0.4, 0.5) is 4.79 Å². The fourth-order valence-corrected chi connectivity index (χ4v) is 4.18. The topological polar surface area (TPSA) is 105 Å². The van der Waals surface area contributed by atoms with E-state index < -0.39 is 24.0 Å². The molecule has 0 spiro atoms. The number of ether oxygens (including phenoxy) is 2. The van der Waals surface area contributed by atoms with E-state index in [1.54, 1.807) is 0 Å². The average molecular weight is 455 g/mol. The van der Waals surface area contributed by atoms with Gasteiger partial charge in [0, 0.05) is 26.1 Å². The number of hydrogen-bond donors (Lipinski definition) is 2. The molecule has 0 heterocycles. The van der Waals surface area contributed by atoms with E-state index in [2.05, 4.69) is 17.4 Å². The Kier molecular flexibility index (Phi) is 8.43. The van der Waals surface area contributed by atoms with Crippen LogP contribution in [0.15, 0.2) is 48.5 Å². The maximum Gasteiger partial charge on any atom is 0.407 e. The number of amides is 2. The number of nitrogens with one attached hydrogen (secondary N) is 1. The maximum absolute atomic E-state index is 12.9. The summed E-state index contributed by atoms with van der Waals surface area (Å²) in [6, 6.07) is 15.1. The monoisotopic (exact) mass is 454 g/mol. The quantitative estimate of drug-likeness (QED) is 0.540. The average Bonchev–Trinajstić information content (AvgIpc) is 3.13. The summed E-state index contributed by atoms with van der Waals surface area (Å²) in [5.74, 6) is -1.47. The van der Waals surface area contributed by atoms with Crippen LogP contribution in [0, 0.1) is 0 Å². The molecule has 3 rings (SSSR count). The molecule has 1 aliphatic carbocycles. The highest BCUT2D eigenvalue weighted by Gasteiger charge is 2.30. The number of carbonyl (C=O) groups is 3. The molecule has 176 valence electrons. The van der Waals surface area contributed by atoms with Gasteiger partial charge in [0.2, 0.25) is 5.91 Å². The van der Waals surface area contributed by atoms with Crippen molar-refractivity contribution in [1.82, 2.24) is 10.2 Å². The van der Waals surface area contributed by atoms with Gasteiger partial charge >= 0.3 is 12.1 Å². The second-order valence-corrected chi connectivity index (χ2v) is 7.95. The molecule has 1 unspecified atom stereocenters. The highest BCUT2D eigenvalue weighted by molar-refractivity contribution is 5.86. The molecule has 33 heavy (non-hydrogen) atoms. The molecule has 2 N–H and O–H groups in total. The van der Waals surface area contributed by atoms with Crippen molar-refractivity contribution in [2.45, 2.75) is 31.7 Å². The summed E-state index contributed by atoms with van der Waals surface area (Å²) in [6.45, 7) is 2.43. The lowest BCUT2D eigenvalue weighted by Gasteiger charge is -2.27. The van der Waals surface area contributed by atoms with Crippen molar-refractivity contribution in [3.8, 4) is 11.1 Å². The summed E-state index contributed by atoms with van der Waals surface area (Å²) in [5.41, 5.74) is 4.45. The lowest BCUT2D eigenvalue weighted by atomic mass is 9.98. The standard InChI is InChI=1S/C25H30N2O6/c1-3-13-27(14-12-23(28)29)24(30)22(16-32-2)26-25(31)33-15-21-19-10-6-4-8-17(19)18-9-5-7-11-20(18)21/h4-11,21-22H,3,12-16H2,1-2H3,(H,26,31)(H,28,29). The summed E-state index contributed by atoms with van der Waals surface area (Å²) in [5, 5.41) is 11.6. The first kappa shape index (κ1) is 24.3. The highest BCUT2D eigenvalue weighted by Crippen LogP contribution is 2.44. The molecule has 0 fully saturated rings. The number of aliphatic carboxylic acids is 1. The van der Waals surface area contributed by atoms with Crippen molar-refractivity contribution in [1.29, 1.82) is 0 Å². The Morgan fingerprint density at radius 3 is 2.18 bits per heavy atom. The minimum atomic E-state index is -0.989. The minimum absolute atomic E-state index is 0.0453. The van der Waals surface area contributed by atoms with Crippen LogP contribution in [0.25, 0.3) is 11.1 Å². The second kappa shape index (κ2) is 11.5. The number of benzene rings is 2. The van der Waals surface area contributed by atoms with Crippen molar-refractivity contribution in [2.24, 2.45) is 0 Å². The Balaban J connectivity index is 1.65. The first-order chi connectivity index (χ1) is 16.0. The van der Waals surface area contributed by atoms with E-state index in [1.165, 1.54) is 12.0 Å². The Hall–Kier alpha value is -3.39. The molecule has 0 bridgehead atoms. The fraction of sp³-hybridized carbons (Fsp3) is 0.400. The molecule has 0 radical (unpaired) electrons. The number of rotatable bonds is 11. The number of alkyl carbamates (subject to hydrolysis) is 1. The molecular weight excluding hydrogens is 424 g/mol. The number of carboxylic acids is 1. The molecule has 0 saturated carbocycles. The summed E-state index contributed by atoms with van der Waals surface area (Å²) in [4.78, 5) is 37.9. The molecule has 2 aromatic rings. The zero-order valence-corrected chi connectivity index (χ0v) is 19.0. The summed E-state index contributed by atoms with van der Waals surface area (Å²) in [6.07, 6.45) is -0.228. The van der Waals surface area contributed by atoms with Crippen molar-refractivity contribution in [3.63, 3.8) is 0 Å². The van der Waals surface area contributed by atoms with Crippen molar-refractivity contribution in [3.05, 3.63) is 59.7 Å². The fourth-order valence-electron chi connectivity index (χ4n) is 4.18. The molecule has 2 amide bonds. The van der Waals surface area contributed by atoms with E-state index in [1.807, 2.05) is 43.3 Å². The molecule has 1 atom stereocenters. The maximum atomic E-state index is 12.9. The summed E-state index contributed by atoms with van der Waals surface area (Å²) < 4.78 is 10.7. The Morgan fingerprint density at radius 1 is 1.03 bits per heavy atom. The van der Waals surface area contributed by atoms with E-state index in [0.29, 0.717) is 13.0 Å². The molecule has 8 heteroatoms. The minimum Gasteiger partial charge on any atom is -0.481 e. The zero-order chi connectivity index (χ0) is 23.8. The highest BCUT2D eigenvalue weighted by atomic mass is 16.5. The predicted molar refractivity (Wildman–Crippen MR) is 123 cm³/mol. The molecule has 1 aliphatic rings. The van der Waals surface area contributed by atoms with Crippen molar-refractivity contribution in [2.75, 3.05) is 33.4 Å². The van der Waals surface area contributed by atoms with E-state index in [-0.39, 0.29) is 32.1 Å². The Labute approximate surface area is 193 Å². The van der Waals surface area contributed by atoms with Crippen molar-refractivity contribution >= 4 is 18.0 Å². The predicted octanol–water partition coefficient (Wildman–Crippen LogP) is 3.25. The normalized spacial score (nSPS) is 13.0. The smallest absolute Gasteiger partial charge is 0.407 e.